The van der Waals surface area contributed by atoms with E-state index in [9.17, 15) is 0 Å². The number of hydrogen-bond donors (Lipinski definition) is 1. The largest absolute Gasteiger partial charge is 0.372 e. The summed E-state index contributed by atoms with van der Waals surface area (Å²) in [7, 11) is 0. The molecule has 18 heavy (non-hydrogen) atoms. The molecular weight excluding hydrogens is 290 g/mol. The van der Waals surface area contributed by atoms with E-state index in [2.05, 4.69) is 73.2 Å². The van der Waals surface area contributed by atoms with Crippen LogP contribution in [-0.2, 0) is 4.74 Å². The number of ether oxygens (including phenoxy) is 1. The molecule has 0 aromatic heterocycles. The van der Waals surface area contributed by atoms with E-state index >= 15 is 0 Å². The molecule has 2 nitrogen and oxygen atoms in total. The minimum Gasteiger partial charge on any atom is -0.372 e. The third kappa shape index (κ3) is 5.98. The van der Waals surface area contributed by atoms with Crippen molar-refractivity contribution >= 4 is 15.9 Å². The molecule has 3 heteroatoms. The van der Waals surface area contributed by atoms with Gasteiger partial charge in [-0.15, -0.1) is 0 Å². The fraction of sp³-hybridized carbons (Fsp3) is 0.600. The van der Waals surface area contributed by atoms with Gasteiger partial charge in [0.15, 0.2) is 0 Å². The van der Waals surface area contributed by atoms with Gasteiger partial charge in [0.05, 0.1) is 6.10 Å². The predicted molar refractivity (Wildman–Crippen MR) is 80.8 cm³/mol. The van der Waals surface area contributed by atoms with Gasteiger partial charge in [0.1, 0.15) is 0 Å². The van der Waals surface area contributed by atoms with Crippen molar-refractivity contribution in [3.05, 3.63) is 34.3 Å². The molecule has 0 saturated heterocycles. The number of halogens is 1. The lowest BCUT2D eigenvalue weighted by atomic mass is 10.1. The summed E-state index contributed by atoms with van der Waals surface area (Å²) < 4.78 is 7.10. The van der Waals surface area contributed by atoms with Crippen molar-refractivity contribution in [3.63, 3.8) is 0 Å². The van der Waals surface area contributed by atoms with Crippen LogP contribution in [0.3, 0.4) is 0 Å². The van der Waals surface area contributed by atoms with Crippen LogP contribution in [0.25, 0.3) is 0 Å². The van der Waals surface area contributed by atoms with E-state index in [1.54, 1.807) is 0 Å². The fourth-order valence-corrected chi connectivity index (χ4v) is 1.87. The Morgan fingerprint density at radius 3 is 2.22 bits per heavy atom. The number of hydrogen-bond acceptors (Lipinski definition) is 2. The second kappa shape index (κ2) is 7.93. The standard InChI is InChI=1S/C15H24BrNO/c1-11(2)10-18-15(9-17-12(3)4)13-5-7-14(16)8-6-13/h5-8,11-12,15,17H,9-10H2,1-4H3. The topological polar surface area (TPSA) is 21.3 Å². The van der Waals surface area contributed by atoms with Crippen LogP contribution in [0.15, 0.2) is 28.7 Å². The summed E-state index contributed by atoms with van der Waals surface area (Å²) in [5.74, 6) is 0.557. The molecule has 0 aliphatic rings. The lowest BCUT2D eigenvalue weighted by molar-refractivity contribution is 0.0340. The van der Waals surface area contributed by atoms with Crippen LogP contribution in [0.4, 0.5) is 0 Å². The van der Waals surface area contributed by atoms with E-state index in [1.807, 2.05) is 0 Å². The summed E-state index contributed by atoms with van der Waals surface area (Å²) in [6.45, 7) is 10.3. The molecule has 0 aliphatic carbocycles. The van der Waals surface area contributed by atoms with Crippen LogP contribution in [0.2, 0.25) is 0 Å². The van der Waals surface area contributed by atoms with Crippen molar-refractivity contribution in [1.29, 1.82) is 0 Å². The molecule has 1 N–H and O–H groups in total. The van der Waals surface area contributed by atoms with Crippen LogP contribution in [-0.4, -0.2) is 19.2 Å². The Bertz CT molecular complexity index is 323. The van der Waals surface area contributed by atoms with Crippen molar-refractivity contribution in [2.24, 2.45) is 5.92 Å². The van der Waals surface area contributed by atoms with Gasteiger partial charge >= 0.3 is 0 Å². The Hall–Kier alpha value is -0.380. The first-order valence-corrected chi connectivity index (χ1v) is 7.38. The second-order valence-electron chi connectivity index (χ2n) is 5.33. The normalized spacial score (nSPS) is 13.3. The Balaban J connectivity index is 2.66. The number of rotatable bonds is 7. The minimum atomic E-state index is 0.128. The summed E-state index contributed by atoms with van der Waals surface area (Å²) in [5.41, 5.74) is 1.23. The lowest BCUT2D eigenvalue weighted by Crippen LogP contribution is -2.29. The van der Waals surface area contributed by atoms with Crippen molar-refractivity contribution in [3.8, 4) is 0 Å². The first-order valence-electron chi connectivity index (χ1n) is 6.59. The van der Waals surface area contributed by atoms with Gasteiger partial charge in [0, 0.05) is 23.7 Å². The minimum absolute atomic E-state index is 0.128. The highest BCUT2D eigenvalue weighted by Gasteiger charge is 2.13. The zero-order valence-electron chi connectivity index (χ0n) is 11.7. The number of nitrogens with one attached hydrogen (secondary N) is 1. The highest BCUT2D eigenvalue weighted by Crippen LogP contribution is 2.20. The maximum Gasteiger partial charge on any atom is 0.0949 e. The molecule has 0 amide bonds. The van der Waals surface area contributed by atoms with Crippen molar-refractivity contribution in [2.75, 3.05) is 13.2 Å². The number of benzene rings is 1. The quantitative estimate of drug-likeness (QED) is 0.816. The average molecular weight is 314 g/mol. The summed E-state index contributed by atoms with van der Waals surface area (Å²) >= 11 is 3.46. The molecule has 1 rings (SSSR count). The maximum atomic E-state index is 6.00. The van der Waals surface area contributed by atoms with Crippen molar-refractivity contribution in [2.45, 2.75) is 39.8 Å². The Kier molecular flexibility index (Phi) is 6.90. The molecule has 0 saturated carbocycles. The first kappa shape index (κ1) is 15.7. The highest BCUT2D eigenvalue weighted by atomic mass is 79.9. The van der Waals surface area contributed by atoms with Crippen LogP contribution in [0.1, 0.15) is 39.4 Å². The van der Waals surface area contributed by atoms with Gasteiger partial charge in [-0.3, -0.25) is 0 Å². The van der Waals surface area contributed by atoms with Gasteiger partial charge in [-0.2, -0.15) is 0 Å². The van der Waals surface area contributed by atoms with Gasteiger partial charge in [0.2, 0.25) is 0 Å². The molecule has 0 radical (unpaired) electrons. The third-order valence-corrected chi connectivity index (χ3v) is 3.11. The Morgan fingerprint density at radius 1 is 1.11 bits per heavy atom. The smallest absolute Gasteiger partial charge is 0.0949 e. The SMILES string of the molecule is CC(C)COC(CNC(C)C)c1ccc(Br)cc1. The summed E-state index contributed by atoms with van der Waals surface area (Å²) in [6.07, 6.45) is 0.128. The maximum absolute atomic E-state index is 6.00. The van der Waals surface area contributed by atoms with Gasteiger partial charge in [-0.05, 0) is 23.6 Å². The molecule has 0 heterocycles. The molecule has 1 aromatic carbocycles. The molecule has 0 fully saturated rings. The predicted octanol–water partition coefficient (Wildman–Crippen LogP) is 4.16. The Labute approximate surface area is 119 Å². The summed E-state index contributed by atoms with van der Waals surface area (Å²) in [5, 5.41) is 3.45. The molecule has 1 atom stereocenters. The van der Waals surface area contributed by atoms with Gasteiger partial charge < -0.3 is 10.1 Å². The van der Waals surface area contributed by atoms with Crippen LogP contribution < -0.4 is 5.32 Å². The monoisotopic (exact) mass is 313 g/mol. The highest BCUT2D eigenvalue weighted by molar-refractivity contribution is 9.10. The van der Waals surface area contributed by atoms with Crippen LogP contribution in [0, 0.1) is 5.92 Å². The fourth-order valence-electron chi connectivity index (χ4n) is 1.60. The van der Waals surface area contributed by atoms with Gasteiger partial charge in [-0.25, -0.2) is 0 Å². The zero-order chi connectivity index (χ0) is 13.5. The third-order valence-electron chi connectivity index (χ3n) is 2.58. The van der Waals surface area contributed by atoms with E-state index in [1.165, 1.54) is 5.56 Å². The first-order chi connectivity index (χ1) is 8.49. The van der Waals surface area contributed by atoms with Crippen LogP contribution >= 0.6 is 15.9 Å². The Morgan fingerprint density at radius 2 is 1.72 bits per heavy atom. The van der Waals surface area contributed by atoms with Crippen molar-refractivity contribution in [1.82, 2.24) is 5.32 Å². The molecular formula is C15H24BrNO. The van der Waals surface area contributed by atoms with E-state index < -0.39 is 0 Å². The molecule has 1 aromatic rings. The van der Waals surface area contributed by atoms with Gasteiger partial charge in [0.25, 0.3) is 0 Å². The van der Waals surface area contributed by atoms with E-state index in [0.717, 1.165) is 17.6 Å². The summed E-state index contributed by atoms with van der Waals surface area (Å²) in [4.78, 5) is 0. The average Bonchev–Trinajstić information content (AvgIpc) is 2.30. The molecule has 102 valence electrons. The van der Waals surface area contributed by atoms with E-state index in [4.69, 9.17) is 4.74 Å². The second-order valence-corrected chi connectivity index (χ2v) is 6.25. The van der Waals surface area contributed by atoms with E-state index in [0.29, 0.717) is 12.0 Å². The molecule has 0 spiro atoms. The molecule has 0 aliphatic heterocycles. The van der Waals surface area contributed by atoms with E-state index in [-0.39, 0.29) is 6.10 Å². The van der Waals surface area contributed by atoms with Crippen molar-refractivity contribution < 1.29 is 4.74 Å². The molecule has 1 unspecified atom stereocenters. The van der Waals surface area contributed by atoms with Gasteiger partial charge in [-0.1, -0.05) is 55.8 Å². The summed E-state index contributed by atoms with van der Waals surface area (Å²) in [6, 6.07) is 8.85. The van der Waals surface area contributed by atoms with Crippen LogP contribution in [0.5, 0.6) is 0 Å². The lowest BCUT2D eigenvalue weighted by Gasteiger charge is -2.21. The zero-order valence-corrected chi connectivity index (χ0v) is 13.3. The molecule has 0 bridgehead atoms.